The van der Waals surface area contributed by atoms with Crippen molar-refractivity contribution in [3.05, 3.63) is 35.2 Å². The summed E-state index contributed by atoms with van der Waals surface area (Å²) in [5, 5.41) is 37.6. The normalized spacial score (nSPS) is 27.7. The smallest absolute Gasteiger partial charge is 0.407 e. The number of ether oxygens (including phenoxy) is 12. The quantitative estimate of drug-likeness (QED) is 0.0234. The van der Waals surface area contributed by atoms with E-state index in [1.807, 2.05) is 6.92 Å². The first-order valence-corrected chi connectivity index (χ1v) is 46.1. The van der Waals surface area contributed by atoms with Gasteiger partial charge >= 0.3 is 12.1 Å². The number of alkyl halides is 2. The Bertz CT molecular complexity index is 3700. The molecule has 14 N–H and O–H groups in total. The molecule has 0 aromatic carbocycles. The van der Waals surface area contributed by atoms with Crippen LogP contribution in [0.2, 0.25) is 0 Å². The number of quaternary nitrogens is 1. The van der Waals surface area contributed by atoms with E-state index >= 15 is 13.6 Å². The number of hydrogen-bond donors (Lipinski definition) is 12. The van der Waals surface area contributed by atoms with Crippen LogP contribution < -0.4 is 59.3 Å². The Morgan fingerprint density at radius 2 is 1.24 bits per heavy atom. The standard InChI is InChI=1S/C90H146F2N12O23/c1-9-20-79-126-75-55-65-66-54-68(91)67-53-61(105)27-30-87(67,4)89(66,92)73(106)56-88(65,5)90(75,127-79)74(107)57-100-82(111)70(25-19-32-98-85(94)114)102-84(113)81(60(2)3)103-83(112)71(101-77(109)29-38-117-42-46-121-50-52-123-48-44-119-40-35-99-86(115)125-58-64-62-21-13-10-11-14-22-63(62)64)24-17-18-31-96-78(110)59-124-72-26-16-12-15-23-69(80(72)93)95-34-39-118-43-47-122-51-49-120-45-41-116-37-28-76(108)97-33-36-104(6,7)8/h27,30,53,60,62-66,68,70-73,75,79,81,95,106H,9,12-26,28-29,31-52,54-59,93H2,1-8H3,(H9-,94,96,97,98,99,100,101,102,103,108,109,110,111,112,113,114,115)/p+1/b80-69-/t62-,63+,64-,65-,66-,68-,70-,71+,72?,73-,75+,79?,81-,87-,88-,89-,90+/m0/s1. The Morgan fingerprint density at radius 3 is 1.87 bits per heavy atom. The van der Waals surface area contributed by atoms with E-state index in [-0.39, 0.29) is 116 Å². The number of hydrogen-bond acceptors (Lipinski definition) is 25. The van der Waals surface area contributed by atoms with E-state index in [4.69, 9.17) is 68.3 Å². The van der Waals surface area contributed by atoms with Crippen LogP contribution in [0.25, 0.3) is 0 Å². The van der Waals surface area contributed by atoms with E-state index < -0.39 is 149 Å². The van der Waals surface area contributed by atoms with Crippen LogP contribution in [0, 0.1) is 58.2 Å². The van der Waals surface area contributed by atoms with Gasteiger partial charge < -0.3 is 126 Å². The zero-order valence-electron chi connectivity index (χ0n) is 76.1. The summed E-state index contributed by atoms with van der Waals surface area (Å²) in [5.41, 5.74) is 5.97. The van der Waals surface area contributed by atoms with Gasteiger partial charge in [-0.05, 0) is 144 Å². The molecule has 5 fully saturated rings. The molecule has 0 aromatic heterocycles. The number of urea groups is 1. The number of halogens is 2. The van der Waals surface area contributed by atoms with Gasteiger partial charge in [-0.15, -0.1) is 11.8 Å². The van der Waals surface area contributed by atoms with E-state index in [0.29, 0.717) is 161 Å². The largest absolute Gasteiger partial charge is 0.449 e. The number of likely N-dealkylation sites (N-methyl/N-ethyl adjacent to an activating group) is 1. The molecule has 1 aliphatic heterocycles. The number of rotatable bonds is 60. The van der Waals surface area contributed by atoms with Crippen LogP contribution in [0.4, 0.5) is 18.4 Å². The first-order valence-electron chi connectivity index (χ1n) is 46.1. The number of carbonyl (C=O) groups is 10. The van der Waals surface area contributed by atoms with Gasteiger partial charge in [0.15, 0.2) is 29.1 Å². The third kappa shape index (κ3) is 31.6. The second kappa shape index (κ2) is 53.1. The fourth-order valence-corrected chi connectivity index (χ4v) is 18.8. The third-order valence-electron chi connectivity index (χ3n) is 25.7. The zero-order chi connectivity index (χ0) is 92.0. The molecule has 9 amide bonds. The van der Waals surface area contributed by atoms with Crippen LogP contribution in [0.1, 0.15) is 169 Å². The number of amides is 9. The minimum atomic E-state index is -2.47. The number of unbranched alkanes of at least 4 members (excludes halogenated alkanes) is 1. The first-order chi connectivity index (χ1) is 60.9. The molecule has 2 unspecified atom stereocenters. The number of aliphatic hydroxyl groups is 1. The number of allylic oxidation sites excluding steroid dienone is 5. The number of nitrogens with one attached hydrogen (secondary N) is 9. The molecule has 4 saturated carbocycles. The van der Waals surface area contributed by atoms with Crippen LogP contribution in [-0.2, 0) is 95.2 Å². The average Bonchev–Trinajstić information content (AvgIpc) is 1.55. The van der Waals surface area contributed by atoms with Crippen molar-refractivity contribution in [3.63, 3.8) is 0 Å². The summed E-state index contributed by atoms with van der Waals surface area (Å²) >= 11 is 0. The summed E-state index contributed by atoms with van der Waals surface area (Å²) < 4.78 is 105. The highest BCUT2D eigenvalue weighted by Crippen LogP contribution is 2.72. The summed E-state index contributed by atoms with van der Waals surface area (Å²) in [5.74, 6) is 0.837. The molecule has 0 spiro atoms. The van der Waals surface area contributed by atoms with Crippen LogP contribution in [0.3, 0.4) is 0 Å². The van der Waals surface area contributed by atoms with Gasteiger partial charge in [-0.3, -0.25) is 38.4 Å². The van der Waals surface area contributed by atoms with Gasteiger partial charge in [-0.1, -0.05) is 53.0 Å². The number of Topliss-reactive ketones (excluding diaryl/α,β-unsaturated/α-hetero) is 1. The third-order valence-corrected chi connectivity index (χ3v) is 25.7. The number of nitrogens with zero attached hydrogens (tertiary/aromatic N) is 1. The van der Waals surface area contributed by atoms with E-state index in [1.165, 1.54) is 19.1 Å². The number of primary amides is 1. The Labute approximate surface area is 747 Å². The number of carbonyl (C=O) groups excluding carboxylic acids is 10. The molecule has 8 aliphatic rings. The Kier molecular flexibility index (Phi) is 43.8. The summed E-state index contributed by atoms with van der Waals surface area (Å²) in [6.45, 7) is 14.9. The van der Waals surface area contributed by atoms with Crippen molar-refractivity contribution >= 4 is 59.1 Å². The van der Waals surface area contributed by atoms with Crippen molar-refractivity contribution in [3.8, 4) is 11.8 Å². The highest BCUT2D eigenvalue weighted by molar-refractivity contribution is 6.01. The fraction of sp³-hybridized carbons (Fsp3) is 0.800. The van der Waals surface area contributed by atoms with E-state index in [0.717, 1.165) is 67.7 Å². The molecule has 7 aliphatic carbocycles. The predicted molar refractivity (Wildman–Crippen MR) is 464 cm³/mol. The highest BCUT2D eigenvalue weighted by atomic mass is 19.1. The van der Waals surface area contributed by atoms with Crippen molar-refractivity contribution in [1.82, 2.24) is 47.9 Å². The fourth-order valence-electron chi connectivity index (χ4n) is 18.8. The molecule has 17 atom stereocenters. The van der Waals surface area contributed by atoms with Crippen LogP contribution in [-0.4, -0.2) is 315 Å². The van der Waals surface area contributed by atoms with Crippen LogP contribution >= 0.6 is 0 Å². The summed E-state index contributed by atoms with van der Waals surface area (Å²) in [7, 11) is 6.21. The predicted octanol–water partition coefficient (Wildman–Crippen LogP) is 3.74. The van der Waals surface area contributed by atoms with Crippen LogP contribution in [0.5, 0.6) is 0 Å². The average molecular weight is 1800 g/mol. The molecular formula is C90H147F2N12O23+. The summed E-state index contributed by atoms with van der Waals surface area (Å²) in [6.07, 6.45) is 6.19. The molecule has 0 bridgehead atoms. The van der Waals surface area contributed by atoms with Crippen molar-refractivity contribution in [2.45, 2.75) is 230 Å². The summed E-state index contributed by atoms with van der Waals surface area (Å²) in [6, 6.07) is -4.81. The molecule has 0 aromatic rings. The van der Waals surface area contributed by atoms with Crippen molar-refractivity contribution in [2.24, 2.45) is 57.8 Å². The molecule has 37 heteroatoms. The van der Waals surface area contributed by atoms with Gasteiger partial charge in [0.05, 0.1) is 177 Å². The second-order valence-electron chi connectivity index (χ2n) is 36.1. The molecule has 718 valence electrons. The molecular weight excluding hydrogens is 1660 g/mol. The highest BCUT2D eigenvalue weighted by Gasteiger charge is 2.80. The first kappa shape index (κ1) is 105. The van der Waals surface area contributed by atoms with Gasteiger partial charge in [0, 0.05) is 74.3 Å². The molecule has 1 saturated heterocycles. The van der Waals surface area contributed by atoms with Crippen LogP contribution in [0.15, 0.2) is 35.2 Å². The maximum Gasteiger partial charge on any atom is 0.407 e. The monoisotopic (exact) mass is 1800 g/mol. The minimum absolute atomic E-state index is 0.0227. The number of aliphatic hydroxyl groups excluding tert-OH is 1. The van der Waals surface area contributed by atoms with Gasteiger partial charge in [0.1, 0.15) is 30.9 Å². The maximum absolute atomic E-state index is 18.3. The van der Waals surface area contributed by atoms with E-state index in [2.05, 4.69) is 80.8 Å². The molecule has 127 heavy (non-hydrogen) atoms. The molecule has 35 nitrogen and oxygen atoms in total. The molecule has 1 heterocycles. The van der Waals surface area contributed by atoms with Crippen molar-refractivity contribution in [1.29, 1.82) is 0 Å². The zero-order valence-corrected chi connectivity index (χ0v) is 76.1. The number of nitrogens with two attached hydrogens (primary N) is 2. The van der Waals surface area contributed by atoms with Gasteiger partial charge in [-0.2, -0.15) is 0 Å². The second-order valence-corrected chi connectivity index (χ2v) is 36.1. The van der Waals surface area contributed by atoms with Gasteiger partial charge in [-0.25, -0.2) is 18.4 Å². The lowest BCUT2D eigenvalue weighted by atomic mass is 9.44. The molecule has 8 rings (SSSR count). The minimum Gasteiger partial charge on any atom is -0.449 e. The van der Waals surface area contributed by atoms with E-state index in [9.17, 15) is 48.3 Å². The summed E-state index contributed by atoms with van der Waals surface area (Å²) in [4.78, 5) is 135. The van der Waals surface area contributed by atoms with Gasteiger partial charge in [0.2, 0.25) is 35.4 Å². The van der Waals surface area contributed by atoms with E-state index in [1.54, 1.807) is 20.8 Å². The maximum atomic E-state index is 18.3. The Balaban J connectivity index is 0.802. The van der Waals surface area contributed by atoms with Gasteiger partial charge in [0.25, 0.3) is 0 Å². The number of fused-ring (bicyclic) bond motifs is 8. The lowest BCUT2D eigenvalue weighted by Gasteiger charge is -2.63. The Hall–Kier alpha value is -7.58. The molecule has 0 radical (unpaired) electrons. The number of ketones is 2. The topological polar surface area (TPSA) is 462 Å². The van der Waals surface area contributed by atoms with Crippen molar-refractivity contribution in [2.75, 3.05) is 186 Å². The van der Waals surface area contributed by atoms with Crippen molar-refractivity contribution < 1.29 is 123 Å². The lowest BCUT2D eigenvalue weighted by molar-refractivity contribution is -0.869. The number of alkyl carbamates (subject to hydrolysis) is 1. The SMILES string of the molecule is CCCC1O[C@@H]2C[C@H]3[C@@H]4C[C@H](F)C5=CC(=O)C=C[C@]5(C)[C@@]4(F)[C@@H](O)C[C@]3(C)[C@]2(C(=O)CNC(=O)[C@H](CCCNC(N)=O)NC(=O)[C@@H](NC(=O)[C@@H](CCCCNC(=O)COC2CCCCC/C(NCCOCCOCCOCCOCCC(=O)NCC[N+](C)(C)C)=C\2N)NC(=O)CCOCCOCCOCCOCCNC(=O)OC[C@@H]2[C@@H]3CCC#CCC[C@@H]32)C(C)C)O1. The Morgan fingerprint density at radius 1 is 0.654 bits per heavy atom. The lowest BCUT2D eigenvalue weighted by Crippen LogP contribution is -2.71.